The molecule has 0 N–H and O–H groups in total. The molecule has 3 rings (SSSR count). The molecule has 0 aliphatic heterocycles. The Morgan fingerprint density at radius 3 is 2.74 bits per heavy atom. The number of methoxy groups -OCH3 is 1. The maximum Gasteiger partial charge on any atom is 0.341 e. The molecule has 2 heterocycles. The van der Waals surface area contributed by atoms with Crippen molar-refractivity contribution >= 4 is 5.97 Å². The zero-order chi connectivity index (χ0) is 16.4. The minimum absolute atomic E-state index is 0.325. The topological polar surface area (TPSA) is 79.1 Å². The highest BCUT2D eigenvalue weighted by Gasteiger charge is 2.34. The Balaban J connectivity index is 1.79. The van der Waals surface area contributed by atoms with Gasteiger partial charge in [-0.1, -0.05) is 13.8 Å². The van der Waals surface area contributed by atoms with Crippen LogP contribution in [-0.2, 0) is 11.2 Å². The van der Waals surface area contributed by atoms with E-state index >= 15 is 0 Å². The highest BCUT2D eigenvalue weighted by atomic mass is 16.5. The first-order chi connectivity index (χ1) is 11.1. The summed E-state index contributed by atoms with van der Waals surface area (Å²) in [5.41, 5.74) is 1.25. The predicted octanol–water partition coefficient (Wildman–Crippen LogP) is 2.05. The lowest BCUT2D eigenvalue weighted by atomic mass is 10.2. The summed E-state index contributed by atoms with van der Waals surface area (Å²) in [5.74, 6) is 1.81. The molecule has 23 heavy (non-hydrogen) atoms. The van der Waals surface area contributed by atoms with Gasteiger partial charge in [0.25, 0.3) is 0 Å². The second-order valence-corrected chi connectivity index (χ2v) is 5.78. The molecule has 1 saturated carbocycles. The zero-order valence-corrected chi connectivity index (χ0v) is 13.5. The first kappa shape index (κ1) is 15.5. The van der Waals surface area contributed by atoms with Crippen LogP contribution in [0, 0.1) is 11.8 Å². The average Bonchev–Trinajstić information content (AvgIpc) is 3.12. The lowest BCUT2D eigenvalue weighted by Gasteiger charge is -2.07. The number of aromatic nitrogens is 4. The van der Waals surface area contributed by atoms with Crippen LogP contribution in [-0.4, -0.2) is 39.7 Å². The third-order valence-electron chi connectivity index (χ3n) is 4.18. The fourth-order valence-corrected chi connectivity index (χ4v) is 2.51. The Kier molecular flexibility index (Phi) is 4.27. The van der Waals surface area contributed by atoms with Crippen molar-refractivity contribution in [2.45, 2.75) is 26.7 Å². The summed E-state index contributed by atoms with van der Waals surface area (Å²) >= 11 is 0. The maximum absolute atomic E-state index is 12.3. The molecule has 0 saturated heterocycles. The van der Waals surface area contributed by atoms with Crippen LogP contribution in [0.1, 0.15) is 36.3 Å². The molecule has 0 unspecified atom stereocenters. The van der Waals surface area contributed by atoms with E-state index in [1.54, 1.807) is 16.8 Å². The normalized spacial score (nSPS) is 19.4. The number of nitrogens with zero attached hydrogens (tertiary/aromatic N) is 4. The van der Waals surface area contributed by atoms with Gasteiger partial charge in [0.05, 0.1) is 25.6 Å². The Morgan fingerprint density at radius 1 is 1.39 bits per heavy atom. The first-order valence-corrected chi connectivity index (χ1v) is 7.76. The summed E-state index contributed by atoms with van der Waals surface area (Å²) in [6.45, 7) is 4.61. The molecule has 0 spiro atoms. The van der Waals surface area contributed by atoms with Crippen LogP contribution >= 0.6 is 0 Å². The van der Waals surface area contributed by atoms with Gasteiger partial charge in [0, 0.05) is 6.07 Å². The standard InChI is InChI=1S/C16H20N4O3/c1-4-13-12(16(21)23-9-11-7-10(11)2)8-17-20(13)14-5-6-15(22-3)19-18-14/h5-6,8,10-11H,4,7,9H2,1-3H3/t10-,11+/m1/s1. The Bertz CT molecular complexity index is 696. The van der Waals surface area contributed by atoms with Gasteiger partial charge in [-0.05, 0) is 30.7 Å². The molecule has 7 heteroatoms. The van der Waals surface area contributed by atoms with Gasteiger partial charge in [0.1, 0.15) is 5.56 Å². The molecule has 2 aromatic rings. The summed E-state index contributed by atoms with van der Waals surface area (Å²) < 4.78 is 12.0. The molecule has 1 aliphatic rings. The molecule has 1 fully saturated rings. The van der Waals surface area contributed by atoms with E-state index in [4.69, 9.17) is 9.47 Å². The van der Waals surface area contributed by atoms with Gasteiger partial charge in [0.2, 0.25) is 5.88 Å². The number of carbonyl (C=O) groups is 1. The maximum atomic E-state index is 12.3. The minimum Gasteiger partial charge on any atom is -0.480 e. The van der Waals surface area contributed by atoms with E-state index in [1.165, 1.54) is 13.3 Å². The van der Waals surface area contributed by atoms with Gasteiger partial charge in [0.15, 0.2) is 5.82 Å². The molecule has 1 aliphatic carbocycles. The van der Waals surface area contributed by atoms with Crippen molar-refractivity contribution in [2.24, 2.45) is 11.8 Å². The zero-order valence-electron chi connectivity index (χ0n) is 13.5. The summed E-state index contributed by atoms with van der Waals surface area (Å²) in [5, 5.41) is 12.3. The number of esters is 1. The van der Waals surface area contributed by atoms with Gasteiger partial charge in [-0.3, -0.25) is 0 Å². The van der Waals surface area contributed by atoms with Gasteiger partial charge < -0.3 is 9.47 Å². The van der Waals surface area contributed by atoms with Crippen molar-refractivity contribution in [1.82, 2.24) is 20.0 Å². The van der Waals surface area contributed by atoms with E-state index in [1.807, 2.05) is 6.92 Å². The molecule has 0 radical (unpaired) electrons. The van der Waals surface area contributed by atoms with Crippen LogP contribution in [0.3, 0.4) is 0 Å². The van der Waals surface area contributed by atoms with E-state index in [0.717, 1.165) is 12.1 Å². The van der Waals surface area contributed by atoms with Crippen molar-refractivity contribution in [2.75, 3.05) is 13.7 Å². The van der Waals surface area contributed by atoms with Crippen molar-refractivity contribution in [3.05, 3.63) is 29.6 Å². The smallest absolute Gasteiger partial charge is 0.341 e. The van der Waals surface area contributed by atoms with Gasteiger partial charge in [-0.15, -0.1) is 10.2 Å². The molecular formula is C16H20N4O3. The lowest BCUT2D eigenvalue weighted by molar-refractivity contribution is 0.0480. The number of carbonyl (C=O) groups excluding carboxylic acids is 1. The third kappa shape index (κ3) is 3.18. The van der Waals surface area contributed by atoms with Gasteiger partial charge in [-0.2, -0.15) is 5.10 Å². The van der Waals surface area contributed by atoms with E-state index in [0.29, 0.717) is 42.1 Å². The molecular weight excluding hydrogens is 296 g/mol. The highest BCUT2D eigenvalue weighted by Crippen LogP contribution is 2.37. The van der Waals surface area contributed by atoms with E-state index < -0.39 is 0 Å². The second-order valence-electron chi connectivity index (χ2n) is 5.78. The van der Waals surface area contributed by atoms with Crippen LogP contribution in [0.4, 0.5) is 0 Å². The molecule has 0 bridgehead atoms. The summed E-state index contributed by atoms with van der Waals surface area (Å²) in [7, 11) is 1.53. The van der Waals surface area contributed by atoms with Crippen molar-refractivity contribution < 1.29 is 14.3 Å². The monoisotopic (exact) mass is 316 g/mol. The van der Waals surface area contributed by atoms with E-state index in [-0.39, 0.29) is 5.97 Å². The largest absolute Gasteiger partial charge is 0.480 e. The fraction of sp³-hybridized carbons (Fsp3) is 0.500. The summed E-state index contributed by atoms with van der Waals surface area (Å²) in [6.07, 6.45) is 3.30. The van der Waals surface area contributed by atoms with Crippen LogP contribution in [0.5, 0.6) is 5.88 Å². The molecule has 122 valence electrons. The fourth-order valence-electron chi connectivity index (χ4n) is 2.51. The van der Waals surface area contributed by atoms with E-state index in [2.05, 4.69) is 22.2 Å². The minimum atomic E-state index is -0.325. The Labute approximate surface area is 134 Å². The average molecular weight is 316 g/mol. The van der Waals surface area contributed by atoms with Crippen LogP contribution < -0.4 is 4.74 Å². The molecule has 0 aromatic carbocycles. The highest BCUT2D eigenvalue weighted by molar-refractivity contribution is 5.90. The van der Waals surface area contributed by atoms with E-state index in [9.17, 15) is 4.79 Å². The molecule has 7 nitrogen and oxygen atoms in total. The molecule has 0 amide bonds. The molecule has 2 atom stereocenters. The van der Waals surface area contributed by atoms with Crippen LogP contribution in [0.25, 0.3) is 5.82 Å². The van der Waals surface area contributed by atoms with Gasteiger partial charge in [-0.25, -0.2) is 9.48 Å². The summed E-state index contributed by atoms with van der Waals surface area (Å²) in [4.78, 5) is 12.3. The van der Waals surface area contributed by atoms with Crippen molar-refractivity contribution in [3.8, 4) is 11.7 Å². The van der Waals surface area contributed by atoms with Crippen molar-refractivity contribution in [3.63, 3.8) is 0 Å². The Hall–Kier alpha value is -2.44. The third-order valence-corrected chi connectivity index (χ3v) is 4.18. The number of rotatable bonds is 6. The number of hydrogen-bond donors (Lipinski definition) is 0. The van der Waals surface area contributed by atoms with Crippen LogP contribution in [0.15, 0.2) is 18.3 Å². The molecule has 2 aromatic heterocycles. The number of ether oxygens (including phenoxy) is 2. The lowest BCUT2D eigenvalue weighted by Crippen LogP contribution is -2.12. The summed E-state index contributed by atoms with van der Waals surface area (Å²) in [6, 6.07) is 3.45. The SMILES string of the molecule is CCc1c(C(=O)OC[C@@H]2C[C@H]2C)cnn1-c1ccc(OC)nn1. The second kappa shape index (κ2) is 6.36. The van der Waals surface area contributed by atoms with Crippen LogP contribution in [0.2, 0.25) is 0 Å². The quantitative estimate of drug-likeness (QED) is 0.759. The predicted molar refractivity (Wildman–Crippen MR) is 82.6 cm³/mol. The van der Waals surface area contributed by atoms with Crippen molar-refractivity contribution in [1.29, 1.82) is 0 Å². The first-order valence-electron chi connectivity index (χ1n) is 7.76. The number of hydrogen-bond acceptors (Lipinski definition) is 6. The van der Waals surface area contributed by atoms with Gasteiger partial charge >= 0.3 is 5.97 Å². The Morgan fingerprint density at radius 2 is 2.17 bits per heavy atom.